The van der Waals surface area contributed by atoms with Crippen LogP contribution >= 0.6 is 0 Å². The number of carbonyl (C=O) groups excluding carboxylic acids is 1. The highest BCUT2D eigenvalue weighted by molar-refractivity contribution is 6.03. The van der Waals surface area contributed by atoms with Crippen molar-refractivity contribution >= 4 is 17.4 Å². The summed E-state index contributed by atoms with van der Waals surface area (Å²) in [6.45, 7) is 1.99. The Bertz CT molecular complexity index is 796. The van der Waals surface area contributed by atoms with Crippen LogP contribution in [0.4, 0.5) is 5.69 Å². The number of ether oxygens (including phenoxy) is 1. The second-order valence-corrected chi connectivity index (χ2v) is 6.34. The van der Waals surface area contributed by atoms with Crippen molar-refractivity contribution in [3.8, 4) is 0 Å². The summed E-state index contributed by atoms with van der Waals surface area (Å²) in [5, 5.41) is 0. The van der Waals surface area contributed by atoms with Gasteiger partial charge in [-0.15, -0.1) is 0 Å². The largest absolute Gasteiger partial charge is 0.489 e. The summed E-state index contributed by atoms with van der Waals surface area (Å²) in [6.07, 6.45) is 2.53. The molecule has 0 bridgehead atoms. The Hall–Kier alpha value is -2.55. The summed E-state index contributed by atoms with van der Waals surface area (Å²) in [4.78, 5) is 14.9. The van der Waals surface area contributed by atoms with Crippen LogP contribution in [0.5, 0.6) is 0 Å². The molecule has 3 nitrogen and oxygen atoms in total. The number of benzene rings is 2. The Morgan fingerprint density at radius 3 is 2.57 bits per heavy atom. The minimum absolute atomic E-state index is 0.106. The quantitative estimate of drug-likeness (QED) is 0.805. The van der Waals surface area contributed by atoms with Crippen LogP contribution in [0.15, 0.2) is 60.7 Å². The summed E-state index contributed by atoms with van der Waals surface area (Å²) < 4.78 is 6.09. The lowest BCUT2D eigenvalue weighted by molar-refractivity contribution is -0.129. The molecule has 2 aromatic rings. The van der Waals surface area contributed by atoms with Gasteiger partial charge in [0, 0.05) is 18.3 Å². The zero-order chi connectivity index (χ0) is 16.0. The Balaban J connectivity index is 1.82. The van der Waals surface area contributed by atoms with E-state index in [9.17, 15) is 4.79 Å². The maximum absolute atomic E-state index is 13.1. The predicted octanol–water partition coefficient (Wildman–Crippen LogP) is 3.65. The lowest BCUT2D eigenvalue weighted by Gasteiger charge is -2.39. The molecule has 2 atom stereocenters. The van der Waals surface area contributed by atoms with E-state index < -0.39 is 5.41 Å². The van der Waals surface area contributed by atoms with E-state index in [1.165, 1.54) is 5.56 Å². The molecule has 1 spiro atoms. The third kappa shape index (κ3) is 2.00. The van der Waals surface area contributed by atoms with Crippen LogP contribution in [-0.4, -0.2) is 19.1 Å². The van der Waals surface area contributed by atoms with Crippen molar-refractivity contribution in [2.45, 2.75) is 19.4 Å². The molecular formula is C20H19NO2. The molecular weight excluding hydrogens is 286 g/mol. The van der Waals surface area contributed by atoms with Crippen molar-refractivity contribution in [1.82, 2.24) is 0 Å². The topological polar surface area (TPSA) is 29.5 Å². The van der Waals surface area contributed by atoms with Gasteiger partial charge < -0.3 is 9.64 Å². The molecule has 4 rings (SSSR count). The predicted molar refractivity (Wildman–Crippen MR) is 91.0 cm³/mol. The van der Waals surface area contributed by atoms with Gasteiger partial charge in [0.15, 0.2) is 0 Å². The van der Waals surface area contributed by atoms with Gasteiger partial charge >= 0.3 is 0 Å². The van der Waals surface area contributed by atoms with Gasteiger partial charge in [0.25, 0.3) is 0 Å². The van der Waals surface area contributed by atoms with Crippen molar-refractivity contribution in [2.75, 3.05) is 11.9 Å². The minimum Gasteiger partial charge on any atom is -0.489 e. The standard InChI is InChI=1S/C20H19NO2/c1-14-20(13-18(23-14)15-8-4-3-5-9-15)12-16-10-6-7-11-17(16)21(2)19(20)22/h3-11,13-14H,12H2,1-2H3. The van der Waals surface area contributed by atoms with E-state index >= 15 is 0 Å². The van der Waals surface area contributed by atoms with Gasteiger partial charge in [-0.25, -0.2) is 0 Å². The van der Waals surface area contributed by atoms with Crippen molar-refractivity contribution in [2.24, 2.45) is 5.41 Å². The van der Waals surface area contributed by atoms with E-state index in [0.29, 0.717) is 6.42 Å². The minimum atomic E-state index is -0.617. The second kappa shape index (κ2) is 4.98. The average molecular weight is 305 g/mol. The fraction of sp³-hybridized carbons (Fsp3) is 0.250. The third-order valence-corrected chi connectivity index (χ3v) is 5.01. The fourth-order valence-corrected chi connectivity index (χ4v) is 3.66. The van der Waals surface area contributed by atoms with E-state index in [-0.39, 0.29) is 12.0 Å². The van der Waals surface area contributed by atoms with Crippen LogP contribution in [0.3, 0.4) is 0 Å². The maximum Gasteiger partial charge on any atom is 0.241 e. The van der Waals surface area contributed by atoms with Crippen LogP contribution in [0.25, 0.3) is 5.76 Å². The monoisotopic (exact) mass is 305 g/mol. The molecule has 0 saturated heterocycles. The first-order valence-corrected chi connectivity index (χ1v) is 7.93. The molecule has 3 heteroatoms. The van der Waals surface area contributed by atoms with E-state index in [2.05, 4.69) is 6.07 Å². The first-order chi connectivity index (χ1) is 11.1. The van der Waals surface area contributed by atoms with Crippen LogP contribution in [0, 0.1) is 5.41 Å². The van der Waals surface area contributed by atoms with Crippen LogP contribution < -0.4 is 4.90 Å². The first kappa shape index (κ1) is 14.1. The summed E-state index contributed by atoms with van der Waals surface area (Å²) in [6, 6.07) is 18.1. The van der Waals surface area contributed by atoms with Gasteiger partial charge in [-0.2, -0.15) is 0 Å². The summed E-state index contributed by atoms with van der Waals surface area (Å²) >= 11 is 0. The number of anilines is 1. The van der Waals surface area contributed by atoms with Crippen molar-refractivity contribution in [1.29, 1.82) is 0 Å². The van der Waals surface area contributed by atoms with Crippen molar-refractivity contribution < 1.29 is 9.53 Å². The van der Waals surface area contributed by atoms with Gasteiger partial charge in [-0.1, -0.05) is 48.5 Å². The van der Waals surface area contributed by atoms with Gasteiger partial charge in [0.05, 0.1) is 0 Å². The Labute approximate surface area is 136 Å². The molecule has 0 aliphatic carbocycles. The number of rotatable bonds is 1. The highest BCUT2D eigenvalue weighted by Crippen LogP contribution is 2.47. The summed E-state index contributed by atoms with van der Waals surface area (Å²) in [5.41, 5.74) is 2.59. The van der Waals surface area contributed by atoms with E-state index in [0.717, 1.165) is 17.0 Å². The van der Waals surface area contributed by atoms with E-state index in [4.69, 9.17) is 4.74 Å². The molecule has 1 amide bonds. The van der Waals surface area contributed by atoms with E-state index in [1.807, 2.05) is 68.6 Å². The average Bonchev–Trinajstić information content (AvgIpc) is 2.91. The molecule has 0 aromatic heterocycles. The van der Waals surface area contributed by atoms with Crippen LogP contribution in [0.1, 0.15) is 18.1 Å². The normalized spacial score (nSPS) is 26.0. The highest BCUT2D eigenvalue weighted by Gasteiger charge is 2.52. The van der Waals surface area contributed by atoms with E-state index in [1.54, 1.807) is 4.90 Å². The molecule has 0 radical (unpaired) electrons. The first-order valence-electron chi connectivity index (χ1n) is 7.93. The molecule has 2 aromatic carbocycles. The van der Waals surface area contributed by atoms with Crippen molar-refractivity contribution in [3.05, 3.63) is 71.8 Å². The second-order valence-electron chi connectivity index (χ2n) is 6.34. The molecule has 0 fully saturated rings. The smallest absolute Gasteiger partial charge is 0.241 e. The lowest BCUT2D eigenvalue weighted by Crippen LogP contribution is -2.50. The van der Waals surface area contributed by atoms with Gasteiger partial charge in [-0.05, 0) is 31.1 Å². The van der Waals surface area contributed by atoms with Gasteiger partial charge in [0.2, 0.25) is 5.91 Å². The van der Waals surface area contributed by atoms with Crippen LogP contribution in [-0.2, 0) is 16.0 Å². The molecule has 2 heterocycles. The molecule has 0 N–H and O–H groups in total. The summed E-state index contributed by atoms with van der Waals surface area (Å²) in [5.74, 6) is 0.911. The SMILES string of the molecule is CC1OC(c2ccccc2)=CC12Cc1ccccc1N(C)C2=O. The van der Waals surface area contributed by atoms with Crippen molar-refractivity contribution in [3.63, 3.8) is 0 Å². The number of para-hydroxylation sites is 1. The fourth-order valence-electron chi connectivity index (χ4n) is 3.66. The number of fused-ring (bicyclic) bond motifs is 1. The Morgan fingerprint density at radius 2 is 1.78 bits per heavy atom. The molecule has 0 saturated carbocycles. The zero-order valence-corrected chi connectivity index (χ0v) is 13.3. The molecule has 2 unspecified atom stereocenters. The molecule has 2 aliphatic rings. The highest BCUT2D eigenvalue weighted by atomic mass is 16.5. The number of hydrogen-bond donors (Lipinski definition) is 0. The lowest BCUT2D eigenvalue weighted by atomic mass is 9.73. The molecule has 116 valence electrons. The number of nitrogens with zero attached hydrogens (tertiary/aromatic N) is 1. The number of carbonyl (C=O) groups is 1. The summed E-state index contributed by atoms with van der Waals surface area (Å²) in [7, 11) is 1.85. The molecule has 2 aliphatic heterocycles. The van der Waals surface area contributed by atoms with Gasteiger partial charge in [0.1, 0.15) is 17.3 Å². The number of hydrogen-bond acceptors (Lipinski definition) is 2. The Kier molecular flexibility index (Phi) is 3.05. The zero-order valence-electron chi connectivity index (χ0n) is 13.3. The maximum atomic E-state index is 13.1. The Morgan fingerprint density at radius 1 is 1.09 bits per heavy atom. The number of amides is 1. The third-order valence-electron chi connectivity index (χ3n) is 5.01. The van der Waals surface area contributed by atoms with Crippen LogP contribution in [0.2, 0.25) is 0 Å². The van der Waals surface area contributed by atoms with Gasteiger partial charge in [-0.3, -0.25) is 4.79 Å². The molecule has 23 heavy (non-hydrogen) atoms.